The molecule has 0 amide bonds. The van der Waals surface area contributed by atoms with Gasteiger partial charge in [0.05, 0.1) is 5.39 Å². The smallest absolute Gasteiger partial charge is 0.139 e. The standard InChI is InChI=1S/C21H19N3S/c1-14(16-9-5-3-6-10-16)24-20-19-18(17-11-7-4-8-12-17)15(2)25-21(19)23-13-22-20/h3-14H,1-2H3,(H,22,23,24)/t14-/m1/s1. The Kier molecular flexibility index (Phi) is 4.20. The van der Waals surface area contributed by atoms with E-state index in [2.05, 4.69) is 77.7 Å². The number of hydrogen-bond acceptors (Lipinski definition) is 4. The summed E-state index contributed by atoms with van der Waals surface area (Å²) in [6, 6.07) is 21.1. The number of nitrogens with zero attached hydrogens (tertiary/aromatic N) is 2. The van der Waals surface area contributed by atoms with E-state index in [1.807, 2.05) is 12.1 Å². The van der Waals surface area contributed by atoms with Crippen LogP contribution in [0.4, 0.5) is 5.82 Å². The van der Waals surface area contributed by atoms with Crippen molar-refractivity contribution >= 4 is 27.4 Å². The number of hydrogen-bond donors (Lipinski definition) is 1. The average molecular weight is 345 g/mol. The third-order valence-electron chi connectivity index (χ3n) is 4.38. The fourth-order valence-corrected chi connectivity index (χ4v) is 4.15. The van der Waals surface area contributed by atoms with E-state index in [4.69, 9.17) is 0 Å². The molecular formula is C21H19N3S. The van der Waals surface area contributed by atoms with Crippen LogP contribution in [0.25, 0.3) is 21.3 Å². The molecule has 3 nitrogen and oxygen atoms in total. The van der Waals surface area contributed by atoms with Gasteiger partial charge in [0.1, 0.15) is 17.0 Å². The van der Waals surface area contributed by atoms with Gasteiger partial charge >= 0.3 is 0 Å². The molecule has 0 bridgehead atoms. The minimum Gasteiger partial charge on any atom is -0.363 e. The number of fused-ring (bicyclic) bond motifs is 1. The summed E-state index contributed by atoms with van der Waals surface area (Å²) in [5, 5.41) is 4.69. The second-order valence-corrected chi connectivity index (χ2v) is 7.28. The maximum Gasteiger partial charge on any atom is 0.139 e. The Morgan fingerprint density at radius 3 is 2.32 bits per heavy atom. The summed E-state index contributed by atoms with van der Waals surface area (Å²) in [6.07, 6.45) is 1.65. The van der Waals surface area contributed by atoms with Crippen molar-refractivity contribution in [3.8, 4) is 11.1 Å². The average Bonchev–Trinajstić information content (AvgIpc) is 3.00. The van der Waals surface area contributed by atoms with E-state index in [1.54, 1.807) is 17.7 Å². The lowest BCUT2D eigenvalue weighted by molar-refractivity contribution is 0.876. The van der Waals surface area contributed by atoms with Crippen molar-refractivity contribution in [2.24, 2.45) is 0 Å². The van der Waals surface area contributed by atoms with Crippen LogP contribution in [0.3, 0.4) is 0 Å². The lowest BCUT2D eigenvalue weighted by atomic mass is 10.0. The monoisotopic (exact) mass is 345 g/mol. The zero-order chi connectivity index (χ0) is 17.2. The van der Waals surface area contributed by atoms with Gasteiger partial charge < -0.3 is 5.32 Å². The van der Waals surface area contributed by atoms with Crippen LogP contribution in [0.15, 0.2) is 67.0 Å². The molecule has 0 aliphatic carbocycles. The van der Waals surface area contributed by atoms with Crippen LogP contribution in [0.2, 0.25) is 0 Å². The Bertz CT molecular complexity index is 994. The lowest BCUT2D eigenvalue weighted by Crippen LogP contribution is -2.08. The molecule has 4 heteroatoms. The van der Waals surface area contributed by atoms with E-state index >= 15 is 0 Å². The quantitative estimate of drug-likeness (QED) is 0.505. The molecule has 1 atom stereocenters. The Morgan fingerprint density at radius 1 is 0.920 bits per heavy atom. The van der Waals surface area contributed by atoms with Crippen LogP contribution < -0.4 is 5.32 Å². The molecule has 4 aromatic rings. The van der Waals surface area contributed by atoms with Gasteiger partial charge in [0, 0.05) is 16.5 Å². The van der Waals surface area contributed by atoms with Crippen molar-refractivity contribution in [3.63, 3.8) is 0 Å². The molecule has 0 saturated heterocycles. The Labute approximate surface area is 151 Å². The summed E-state index contributed by atoms with van der Waals surface area (Å²) in [7, 11) is 0. The fourth-order valence-electron chi connectivity index (χ4n) is 3.14. The molecule has 0 radical (unpaired) electrons. The molecule has 25 heavy (non-hydrogen) atoms. The number of aromatic nitrogens is 2. The van der Waals surface area contributed by atoms with Crippen LogP contribution in [-0.4, -0.2) is 9.97 Å². The van der Waals surface area contributed by atoms with Crippen LogP contribution >= 0.6 is 11.3 Å². The molecule has 0 unspecified atom stereocenters. The second-order valence-electron chi connectivity index (χ2n) is 6.08. The second kappa shape index (κ2) is 6.65. The molecule has 2 heterocycles. The van der Waals surface area contributed by atoms with Gasteiger partial charge in [0.15, 0.2) is 0 Å². The molecule has 124 valence electrons. The van der Waals surface area contributed by atoms with E-state index in [9.17, 15) is 0 Å². The van der Waals surface area contributed by atoms with Gasteiger partial charge in [-0.25, -0.2) is 9.97 Å². The van der Waals surface area contributed by atoms with Gasteiger partial charge in [-0.2, -0.15) is 0 Å². The SMILES string of the molecule is Cc1sc2ncnc(N[C@H](C)c3ccccc3)c2c1-c1ccccc1. The van der Waals surface area contributed by atoms with Crippen molar-refractivity contribution in [1.29, 1.82) is 0 Å². The summed E-state index contributed by atoms with van der Waals surface area (Å²) in [4.78, 5) is 11.3. The Hall–Kier alpha value is -2.72. The first-order valence-corrected chi connectivity index (χ1v) is 9.16. The normalized spacial score (nSPS) is 12.2. The largest absolute Gasteiger partial charge is 0.363 e. The molecule has 0 aliphatic heterocycles. The number of anilines is 1. The molecule has 1 N–H and O–H groups in total. The summed E-state index contributed by atoms with van der Waals surface area (Å²) >= 11 is 1.72. The number of nitrogens with one attached hydrogen (secondary N) is 1. The maximum atomic E-state index is 4.56. The van der Waals surface area contributed by atoms with E-state index in [-0.39, 0.29) is 6.04 Å². The van der Waals surface area contributed by atoms with Crippen LogP contribution in [0, 0.1) is 6.92 Å². The molecule has 0 aliphatic rings. The first-order valence-electron chi connectivity index (χ1n) is 8.35. The summed E-state index contributed by atoms with van der Waals surface area (Å²) < 4.78 is 0. The molecule has 2 aromatic heterocycles. The molecule has 0 saturated carbocycles. The first-order chi connectivity index (χ1) is 12.2. The fraction of sp³-hybridized carbons (Fsp3) is 0.143. The van der Waals surface area contributed by atoms with Gasteiger partial charge in [0.2, 0.25) is 0 Å². The number of benzene rings is 2. The van der Waals surface area contributed by atoms with Crippen molar-refractivity contribution in [1.82, 2.24) is 9.97 Å². The molecule has 0 fully saturated rings. The summed E-state index contributed by atoms with van der Waals surface area (Å²) in [6.45, 7) is 4.31. The highest BCUT2D eigenvalue weighted by atomic mass is 32.1. The highest BCUT2D eigenvalue weighted by Gasteiger charge is 2.17. The van der Waals surface area contributed by atoms with E-state index in [0.717, 1.165) is 16.0 Å². The summed E-state index contributed by atoms with van der Waals surface area (Å²) in [5.74, 6) is 0.893. The van der Waals surface area contributed by atoms with Crippen LogP contribution in [0.1, 0.15) is 23.4 Å². The highest BCUT2D eigenvalue weighted by molar-refractivity contribution is 7.19. The topological polar surface area (TPSA) is 37.8 Å². The van der Waals surface area contributed by atoms with Crippen molar-refractivity contribution in [2.45, 2.75) is 19.9 Å². The maximum absolute atomic E-state index is 4.56. The number of aryl methyl sites for hydroxylation is 1. The lowest BCUT2D eigenvalue weighted by Gasteiger charge is -2.16. The molecule has 0 spiro atoms. The first kappa shape index (κ1) is 15.8. The highest BCUT2D eigenvalue weighted by Crippen LogP contribution is 2.40. The van der Waals surface area contributed by atoms with Crippen molar-refractivity contribution < 1.29 is 0 Å². The number of thiophene rings is 1. The predicted molar refractivity (Wildman–Crippen MR) is 106 cm³/mol. The zero-order valence-electron chi connectivity index (χ0n) is 14.2. The zero-order valence-corrected chi connectivity index (χ0v) is 15.0. The molecule has 4 rings (SSSR count). The minimum atomic E-state index is 0.170. The predicted octanol–water partition coefficient (Wildman–Crippen LogP) is 5.84. The van der Waals surface area contributed by atoms with Crippen LogP contribution in [0.5, 0.6) is 0 Å². The van der Waals surface area contributed by atoms with Gasteiger partial charge in [-0.1, -0.05) is 60.7 Å². The van der Waals surface area contributed by atoms with E-state index in [0.29, 0.717) is 0 Å². The third kappa shape index (κ3) is 3.01. The van der Waals surface area contributed by atoms with Gasteiger partial charge in [-0.05, 0) is 25.0 Å². The molecular weight excluding hydrogens is 326 g/mol. The van der Waals surface area contributed by atoms with E-state index in [1.165, 1.54) is 21.6 Å². The van der Waals surface area contributed by atoms with Crippen LogP contribution in [-0.2, 0) is 0 Å². The summed E-state index contributed by atoms with van der Waals surface area (Å²) in [5.41, 5.74) is 3.67. The Balaban J connectivity index is 1.82. The Morgan fingerprint density at radius 2 is 1.60 bits per heavy atom. The van der Waals surface area contributed by atoms with E-state index < -0.39 is 0 Å². The van der Waals surface area contributed by atoms with Crippen molar-refractivity contribution in [2.75, 3.05) is 5.32 Å². The van der Waals surface area contributed by atoms with Gasteiger partial charge in [-0.3, -0.25) is 0 Å². The third-order valence-corrected chi connectivity index (χ3v) is 5.39. The van der Waals surface area contributed by atoms with Crippen molar-refractivity contribution in [3.05, 3.63) is 77.4 Å². The minimum absolute atomic E-state index is 0.170. The number of rotatable bonds is 4. The van der Waals surface area contributed by atoms with Gasteiger partial charge in [-0.15, -0.1) is 11.3 Å². The molecule has 2 aromatic carbocycles. The van der Waals surface area contributed by atoms with Gasteiger partial charge in [0.25, 0.3) is 0 Å².